The second-order valence-corrected chi connectivity index (χ2v) is 7.82. The quantitative estimate of drug-likeness (QED) is 0.400. The number of anilines is 2. The average molecular weight is 384 g/mol. The Labute approximate surface area is 166 Å². The van der Waals surface area contributed by atoms with Gasteiger partial charge in [0.25, 0.3) is 0 Å². The third kappa shape index (κ3) is 5.93. The molecular formula is C22H29N3OS. The van der Waals surface area contributed by atoms with E-state index in [9.17, 15) is 4.79 Å². The largest absolute Gasteiger partial charge is 0.336 e. The van der Waals surface area contributed by atoms with Gasteiger partial charge in [0.1, 0.15) is 0 Å². The van der Waals surface area contributed by atoms with E-state index < -0.39 is 0 Å². The van der Waals surface area contributed by atoms with Crippen LogP contribution in [0.3, 0.4) is 0 Å². The Bertz CT molecular complexity index is 715. The molecule has 2 aromatic rings. The monoisotopic (exact) mass is 383 g/mol. The van der Waals surface area contributed by atoms with Crippen molar-refractivity contribution in [1.82, 2.24) is 5.32 Å². The number of amides is 2. The summed E-state index contributed by atoms with van der Waals surface area (Å²) >= 11 is 1.59. The minimum Gasteiger partial charge on any atom is -0.336 e. The average Bonchev–Trinajstić information content (AvgIpc) is 3.13. The highest BCUT2D eigenvalue weighted by Gasteiger charge is 2.20. The topological polar surface area (TPSA) is 44.4 Å². The van der Waals surface area contributed by atoms with E-state index in [1.807, 2.05) is 24.3 Å². The summed E-state index contributed by atoms with van der Waals surface area (Å²) in [5.74, 6) is 0. The molecule has 0 radical (unpaired) electrons. The van der Waals surface area contributed by atoms with Crippen LogP contribution < -0.4 is 14.9 Å². The number of benzene rings is 2. The fourth-order valence-corrected chi connectivity index (χ4v) is 3.85. The molecule has 1 heterocycles. The Balaban J connectivity index is 1.43. The highest BCUT2D eigenvalue weighted by atomic mass is 32.2. The summed E-state index contributed by atoms with van der Waals surface area (Å²) in [4.78, 5) is 14.6. The van der Waals surface area contributed by atoms with Gasteiger partial charge in [-0.3, -0.25) is 4.90 Å². The molecule has 3 rings (SSSR count). The second-order valence-electron chi connectivity index (χ2n) is 6.94. The van der Waals surface area contributed by atoms with Gasteiger partial charge in [0.15, 0.2) is 0 Å². The van der Waals surface area contributed by atoms with E-state index in [-0.39, 0.29) is 6.03 Å². The Morgan fingerprint density at radius 1 is 1.00 bits per heavy atom. The molecule has 1 saturated heterocycles. The minimum atomic E-state index is -0.0148. The number of carbonyl (C=O) groups is 1. The maximum absolute atomic E-state index is 11.7. The number of rotatable bonds is 10. The van der Waals surface area contributed by atoms with Crippen molar-refractivity contribution < 1.29 is 4.79 Å². The van der Waals surface area contributed by atoms with Gasteiger partial charge in [-0.1, -0.05) is 44.7 Å². The van der Waals surface area contributed by atoms with E-state index in [2.05, 4.69) is 41.2 Å². The van der Waals surface area contributed by atoms with Crippen molar-refractivity contribution in [2.45, 2.75) is 50.3 Å². The van der Waals surface area contributed by atoms with Crippen LogP contribution in [-0.4, -0.2) is 19.1 Å². The lowest BCUT2D eigenvalue weighted by molar-refractivity contribution is 0.252. The number of aryl methyl sites for hydroxylation is 1. The van der Waals surface area contributed by atoms with Crippen LogP contribution in [0.1, 0.15) is 44.6 Å². The Kier molecular flexibility index (Phi) is 7.45. The summed E-state index contributed by atoms with van der Waals surface area (Å²) in [7, 11) is 0. The van der Waals surface area contributed by atoms with Crippen LogP contribution in [0.4, 0.5) is 16.2 Å². The van der Waals surface area contributed by atoms with E-state index >= 15 is 0 Å². The Hall–Kier alpha value is -2.14. The van der Waals surface area contributed by atoms with Crippen LogP contribution in [-0.2, 0) is 6.42 Å². The molecule has 0 aliphatic carbocycles. The Morgan fingerprint density at radius 3 is 2.41 bits per heavy atom. The lowest BCUT2D eigenvalue weighted by atomic mass is 10.1. The van der Waals surface area contributed by atoms with Crippen LogP contribution >= 0.6 is 11.9 Å². The van der Waals surface area contributed by atoms with Gasteiger partial charge < -0.3 is 10.0 Å². The summed E-state index contributed by atoms with van der Waals surface area (Å²) in [6, 6.07) is 16.8. The first-order valence-electron chi connectivity index (χ1n) is 9.93. The first-order valence-corrected chi connectivity index (χ1v) is 10.7. The highest BCUT2D eigenvalue weighted by molar-refractivity contribution is 8.00. The van der Waals surface area contributed by atoms with E-state index in [0.29, 0.717) is 6.54 Å². The van der Waals surface area contributed by atoms with Gasteiger partial charge >= 0.3 is 6.03 Å². The molecule has 144 valence electrons. The molecule has 0 bridgehead atoms. The molecule has 0 atom stereocenters. The predicted octanol–water partition coefficient (Wildman–Crippen LogP) is 5.85. The molecule has 1 aliphatic rings. The fourth-order valence-electron chi connectivity index (χ4n) is 3.20. The zero-order valence-electron chi connectivity index (χ0n) is 16.0. The maximum atomic E-state index is 11.7. The molecule has 1 aliphatic heterocycles. The zero-order chi connectivity index (χ0) is 18.9. The van der Waals surface area contributed by atoms with Gasteiger partial charge in [0.2, 0.25) is 0 Å². The van der Waals surface area contributed by atoms with E-state index in [1.54, 1.807) is 16.8 Å². The standard InChI is InChI=1S/C22H29N3OS/c1-2-3-4-5-6-7-18-8-10-19(11-9-18)24-27-21-14-12-20(13-15-21)25-17-16-23-22(25)26/h8-15,24H,2-7,16-17H2,1H3,(H,23,26). The first kappa shape index (κ1) is 19.6. The predicted molar refractivity (Wildman–Crippen MR) is 116 cm³/mol. The van der Waals surface area contributed by atoms with Crippen LogP contribution in [0.2, 0.25) is 0 Å². The molecule has 0 saturated carbocycles. The summed E-state index contributed by atoms with van der Waals surface area (Å²) in [5, 5.41) is 2.82. The van der Waals surface area contributed by atoms with Gasteiger partial charge in [-0.15, -0.1) is 0 Å². The third-order valence-corrected chi connectivity index (χ3v) is 5.66. The maximum Gasteiger partial charge on any atom is 0.321 e. The number of hydrogen-bond donors (Lipinski definition) is 2. The van der Waals surface area contributed by atoms with Gasteiger partial charge in [0, 0.05) is 29.4 Å². The van der Waals surface area contributed by atoms with Gasteiger partial charge in [-0.25, -0.2) is 4.79 Å². The number of carbonyl (C=O) groups excluding carboxylic acids is 1. The van der Waals surface area contributed by atoms with Crippen molar-refractivity contribution in [2.75, 3.05) is 22.7 Å². The number of hydrogen-bond acceptors (Lipinski definition) is 3. The number of urea groups is 1. The summed E-state index contributed by atoms with van der Waals surface area (Å²) in [6.07, 6.45) is 7.79. The smallest absolute Gasteiger partial charge is 0.321 e. The van der Waals surface area contributed by atoms with E-state index in [4.69, 9.17) is 0 Å². The molecule has 0 aromatic heterocycles. The summed E-state index contributed by atoms with van der Waals surface area (Å²) in [5.41, 5.74) is 3.46. The van der Waals surface area contributed by atoms with Crippen LogP contribution in [0.25, 0.3) is 0 Å². The van der Waals surface area contributed by atoms with E-state index in [0.717, 1.165) is 22.8 Å². The highest BCUT2D eigenvalue weighted by Crippen LogP contribution is 2.25. The van der Waals surface area contributed by atoms with Crippen LogP contribution in [0.15, 0.2) is 53.4 Å². The Morgan fingerprint density at radius 2 is 1.74 bits per heavy atom. The molecule has 27 heavy (non-hydrogen) atoms. The first-order chi connectivity index (χ1) is 13.3. The molecule has 2 N–H and O–H groups in total. The van der Waals surface area contributed by atoms with Crippen LogP contribution in [0, 0.1) is 0 Å². The van der Waals surface area contributed by atoms with Gasteiger partial charge in [0.05, 0.1) is 0 Å². The molecule has 4 nitrogen and oxygen atoms in total. The number of unbranched alkanes of at least 4 members (excludes halogenated alkanes) is 4. The van der Waals surface area contributed by atoms with Crippen molar-refractivity contribution in [1.29, 1.82) is 0 Å². The zero-order valence-corrected chi connectivity index (χ0v) is 16.9. The SMILES string of the molecule is CCCCCCCc1ccc(NSc2ccc(N3CCNC3=O)cc2)cc1. The summed E-state index contributed by atoms with van der Waals surface area (Å²) in [6.45, 7) is 3.70. The van der Waals surface area contributed by atoms with Crippen molar-refractivity contribution in [2.24, 2.45) is 0 Å². The second kappa shape index (κ2) is 10.3. The van der Waals surface area contributed by atoms with Gasteiger partial charge in [-0.2, -0.15) is 0 Å². The van der Waals surface area contributed by atoms with Crippen molar-refractivity contribution in [3.63, 3.8) is 0 Å². The lowest BCUT2D eigenvalue weighted by Gasteiger charge is -2.14. The molecule has 0 unspecified atom stereocenters. The van der Waals surface area contributed by atoms with E-state index in [1.165, 1.54) is 44.1 Å². The fraction of sp³-hybridized carbons (Fsp3) is 0.409. The molecule has 0 spiro atoms. The van der Waals surface area contributed by atoms with Crippen molar-refractivity contribution >= 4 is 29.4 Å². The van der Waals surface area contributed by atoms with Crippen LogP contribution in [0.5, 0.6) is 0 Å². The van der Waals surface area contributed by atoms with Gasteiger partial charge in [-0.05, 0) is 66.8 Å². The minimum absolute atomic E-state index is 0.0148. The normalized spacial score (nSPS) is 13.7. The van der Waals surface area contributed by atoms with Crippen molar-refractivity contribution in [3.05, 3.63) is 54.1 Å². The van der Waals surface area contributed by atoms with Crippen molar-refractivity contribution in [3.8, 4) is 0 Å². The molecule has 1 fully saturated rings. The summed E-state index contributed by atoms with van der Waals surface area (Å²) < 4.78 is 3.39. The lowest BCUT2D eigenvalue weighted by Crippen LogP contribution is -2.27. The molecule has 5 heteroatoms. The third-order valence-electron chi connectivity index (χ3n) is 4.81. The molecule has 2 amide bonds. The molecule has 2 aromatic carbocycles. The number of nitrogens with one attached hydrogen (secondary N) is 2. The number of nitrogens with zero attached hydrogens (tertiary/aromatic N) is 1. The molecular weight excluding hydrogens is 354 g/mol.